The summed E-state index contributed by atoms with van der Waals surface area (Å²) in [5, 5.41) is 2.80. The molecule has 0 aliphatic carbocycles. The van der Waals surface area contributed by atoms with Crippen LogP contribution >= 0.6 is 0 Å². The third-order valence-electron chi connectivity index (χ3n) is 5.07. The molecule has 0 heterocycles. The van der Waals surface area contributed by atoms with E-state index in [0.29, 0.717) is 6.23 Å². The normalized spacial score (nSPS) is 12.7. The van der Waals surface area contributed by atoms with Crippen LogP contribution in [-0.4, -0.2) is 38.7 Å². The first-order valence-electron chi connectivity index (χ1n) is 11.6. The SMILES string of the molecule is CCCCC[CH2][Al]([CH2]CCCCC)[O]C(CCC)N(CCC)CCC. The van der Waals surface area contributed by atoms with Crippen LogP contribution in [0, 0.1) is 0 Å². The van der Waals surface area contributed by atoms with Crippen molar-refractivity contribution in [1.29, 1.82) is 0 Å². The zero-order chi connectivity index (χ0) is 18.8. The summed E-state index contributed by atoms with van der Waals surface area (Å²) in [5.41, 5.74) is 0. The smallest absolute Gasteiger partial charge is 0.461 e. The van der Waals surface area contributed by atoms with Crippen LogP contribution in [-0.2, 0) is 3.79 Å². The molecule has 0 aromatic heterocycles. The van der Waals surface area contributed by atoms with Gasteiger partial charge in [0.2, 0.25) is 0 Å². The van der Waals surface area contributed by atoms with Gasteiger partial charge in [0.25, 0.3) is 0 Å². The maximum Gasteiger partial charge on any atom is 0.461 e. The second-order valence-corrected chi connectivity index (χ2v) is 10.4. The van der Waals surface area contributed by atoms with E-state index >= 15 is 0 Å². The Morgan fingerprint density at radius 2 is 1.16 bits per heavy atom. The lowest BCUT2D eigenvalue weighted by molar-refractivity contribution is 0.0146. The highest BCUT2D eigenvalue weighted by Gasteiger charge is 2.26. The number of hydrogen-bond acceptors (Lipinski definition) is 2. The average molecular weight is 370 g/mol. The minimum Gasteiger partial charge on any atom is -0.487 e. The molecule has 1 atom stereocenters. The minimum atomic E-state index is -1.06. The van der Waals surface area contributed by atoms with E-state index in [1.54, 1.807) is 0 Å². The van der Waals surface area contributed by atoms with E-state index in [1.165, 1.54) is 101 Å². The Labute approximate surface area is 164 Å². The maximum atomic E-state index is 6.88. The van der Waals surface area contributed by atoms with E-state index < -0.39 is 14.5 Å². The van der Waals surface area contributed by atoms with Crippen LogP contribution in [0.15, 0.2) is 0 Å². The first kappa shape index (κ1) is 25.5. The number of nitrogens with zero attached hydrogens (tertiary/aromatic N) is 1. The van der Waals surface area contributed by atoms with E-state index in [4.69, 9.17) is 3.79 Å². The van der Waals surface area contributed by atoms with Gasteiger partial charge < -0.3 is 3.79 Å². The molecule has 0 aromatic carbocycles. The summed E-state index contributed by atoms with van der Waals surface area (Å²) in [6.07, 6.45) is 16.4. The fraction of sp³-hybridized carbons (Fsp3) is 1.00. The van der Waals surface area contributed by atoms with E-state index in [2.05, 4.69) is 39.5 Å². The van der Waals surface area contributed by atoms with E-state index in [-0.39, 0.29) is 0 Å². The van der Waals surface area contributed by atoms with Crippen LogP contribution in [0.2, 0.25) is 10.6 Å². The highest BCUT2D eigenvalue weighted by molar-refractivity contribution is 6.51. The van der Waals surface area contributed by atoms with Gasteiger partial charge in [-0.25, -0.2) is 0 Å². The predicted molar refractivity (Wildman–Crippen MR) is 116 cm³/mol. The molecule has 0 saturated carbocycles. The van der Waals surface area contributed by atoms with Crippen LogP contribution in [0.3, 0.4) is 0 Å². The number of rotatable bonds is 19. The zero-order valence-electron chi connectivity index (χ0n) is 18.3. The van der Waals surface area contributed by atoms with E-state index in [9.17, 15) is 0 Å². The van der Waals surface area contributed by atoms with Gasteiger partial charge in [0, 0.05) is 13.1 Å². The Balaban J connectivity index is 4.64. The van der Waals surface area contributed by atoms with Gasteiger partial charge in [0.05, 0.1) is 6.23 Å². The highest BCUT2D eigenvalue weighted by atomic mass is 27.2. The standard InChI is InChI=1S/C10H22NO.2C6H13.Al/c1-4-7-10(12)11(8-5-2)9-6-3;2*1-3-5-6-4-2;/h10H,4-9H2,1-3H3;2*1,3-6H2,2H3;/q-1;;;+1. The second kappa shape index (κ2) is 19.2. The van der Waals surface area contributed by atoms with Crippen molar-refractivity contribution >= 4 is 14.5 Å². The zero-order valence-corrected chi connectivity index (χ0v) is 19.5. The summed E-state index contributed by atoms with van der Waals surface area (Å²) in [6, 6.07) is 0. The average Bonchev–Trinajstić information content (AvgIpc) is 2.61. The Morgan fingerprint density at radius 1 is 0.640 bits per heavy atom. The lowest BCUT2D eigenvalue weighted by atomic mass is 10.2. The third-order valence-corrected chi connectivity index (χ3v) is 7.88. The van der Waals surface area contributed by atoms with Gasteiger partial charge in [0.15, 0.2) is 0 Å². The molecule has 0 aliphatic heterocycles. The Hall–Kier alpha value is 0.452. The molecular formula is C22H48AlNO. The topological polar surface area (TPSA) is 12.5 Å². The number of unbranched alkanes of at least 4 members (excludes halogenated alkanes) is 6. The van der Waals surface area contributed by atoms with Gasteiger partial charge in [-0.15, -0.1) is 0 Å². The Kier molecular flexibility index (Phi) is 19.6. The van der Waals surface area contributed by atoms with Gasteiger partial charge in [-0.1, -0.05) is 103 Å². The molecule has 0 radical (unpaired) electrons. The van der Waals surface area contributed by atoms with Gasteiger partial charge in [-0.3, -0.25) is 4.90 Å². The molecule has 0 saturated heterocycles. The van der Waals surface area contributed by atoms with Crippen molar-refractivity contribution in [3.8, 4) is 0 Å². The molecule has 2 nitrogen and oxygen atoms in total. The minimum absolute atomic E-state index is 0.402. The molecule has 0 rings (SSSR count). The van der Waals surface area contributed by atoms with Crippen molar-refractivity contribution in [1.82, 2.24) is 4.90 Å². The van der Waals surface area contributed by atoms with Crippen molar-refractivity contribution in [2.45, 2.75) is 128 Å². The maximum absolute atomic E-state index is 6.88. The molecular weight excluding hydrogens is 321 g/mol. The molecule has 0 aliphatic rings. The fourth-order valence-electron chi connectivity index (χ4n) is 3.66. The molecule has 0 amide bonds. The lowest BCUT2D eigenvalue weighted by Gasteiger charge is -2.34. The third kappa shape index (κ3) is 14.2. The molecule has 150 valence electrons. The van der Waals surface area contributed by atoms with Crippen LogP contribution in [0.1, 0.15) is 112 Å². The van der Waals surface area contributed by atoms with E-state index in [0.717, 1.165) is 0 Å². The molecule has 25 heavy (non-hydrogen) atoms. The van der Waals surface area contributed by atoms with Crippen LogP contribution in [0.25, 0.3) is 0 Å². The summed E-state index contributed by atoms with van der Waals surface area (Å²) in [4.78, 5) is 2.64. The van der Waals surface area contributed by atoms with E-state index in [1.807, 2.05) is 0 Å². The molecule has 0 N–H and O–H groups in total. The van der Waals surface area contributed by atoms with Crippen molar-refractivity contribution in [3.63, 3.8) is 0 Å². The van der Waals surface area contributed by atoms with Crippen molar-refractivity contribution in [2.75, 3.05) is 13.1 Å². The summed E-state index contributed by atoms with van der Waals surface area (Å²) in [6.45, 7) is 13.9. The van der Waals surface area contributed by atoms with Crippen LogP contribution in [0.4, 0.5) is 0 Å². The highest BCUT2D eigenvalue weighted by Crippen LogP contribution is 2.19. The summed E-state index contributed by atoms with van der Waals surface area (Å²) >= 11 is -1.06. The predicted octanol–water partition coefficient (Wildman–Crippen LogP) is 7.40. The molecule has 0 spiro atoms. The van der Waals surface area contributed by atoms with Gasteiger partial charge >= 0.3 is 14.5 Å². The number of hydrogen-bond donors (Lipinski definition) is 0. The lowest BCUT2D eigenvalue weighted by Crippen LogP contribution is -2.42. The second-order valence-electron chi connectivity index (χ2n) is 7.74. The first-order valence-corrected chi connectivity index (χ1v) is 13.7. The van der Waals surface area contributed by atoms with Gasteiger partial charge in [-0.05, 0) is 19.3 Å². The summed E-state index contributed by atoms with van der Waals surface area (Å²) < 4.78 is 6.88. The van der Waals surface area contributed by atoms with Gasteiger partial charge in [0.1, 0.15) is 0 Å². The monoisotopic (exact) mass is 369 g/mol. The fourth-order valence-corrected chi connectivity index (χ4v) is 6.46. The van der Waals surface area contributed by atoms with Crippen LogP contribution < -0.4 is 0 Å². The van der Waals surface area contributed by atoms with Gasteiger partial charge in [-0.2, -0.15) is 0 Å². The van der Waals surface area contributed by atoms with Crippen molar-refractivity contribution in [2.24, 2.45) is 0 Å². The summed E-state index contributed by atoms with van der Waals surface area (Å²) in [5.74, 6) is 0. The molecule has 0 bridgehead atoms. The Morgan fingerprint density at radius 3 is 1.56 bits per heavy atom. The molecule has 1 unspecified atom stereocenters. The molecule has 0 aromatic rings. The summed E-state index contributed by atoms with van der Waals surface area (Å²) in [7, 11) is 0. The Bertz CT molecular complexity index is 244. The van der Waals surface area contributed by atoms with Crippen LogP contribution in [0.5, 0.6) is 0 Å². The quantitative estimate of drug-likeness (QED) is 0.134. The van der Waals surface area contributed by atoms with Crippen molar-refractivity contribution in [3.05, 3.63) is 0 Å². The van der Waals surface area contributed by atoms with Crippen molar-refractivity contribution < 1.29 is 3.79 Å². The molecule has 0 fully saturated rings. The molecule has 3 heteroatoms. The first-order chi connectivity index (χ1) is 12.2. The largest absolute Gasteiger partial charge is 0.487 e.